The Hall–Kier alpha value is -3.46. The van der Waals surface area contributed by atoms with Crippen LogP contribution in [0.5, 0.6) is 5.75 Å². The lowest BCUT2D eigenvalue weighted by Gasteiger charge is -2.41. The molecule has 2 fully saturated rings. The van der Waals surface area contributed by atoms with Crippen LogP contribution >= 0.6 is 0 Å². The van der Waals surface area contributed by atoms with Crippen molar-refractivity contribution in [1.29, 1.82) is 0 Å². The number of anilines is 1. The van der Waals surface area contributed by atoms with Gasteiger partial charge >= 0.3 is 0 Å². The third kappa shape index (κ3) is 6.10. The summed E-state index contributed by atoms with van der Waals surface area (Å²) in [5, 5.41) is 0. The van der Waals surface area contributed by atoms with Crippen molar-refractivity contribution < 1.29 is 19.0 Å². The summed E-state index contributed by atoms with van der Waals surface area (Å²) in [6.45, 7) is 5.91. The Labute approximate surface area is 242 Å². The number of rotatable bonds is 7. The van der Waals surface area contributed by atoms with Crippen molar-refractivity contribution in [2.75, 3.05) is 65.1 Å². The highest BCUT2D eigenvalue weighted by atomic mass is 16.6. The number of aromatic nitrogens is 1. The van der Waals surface area contributed by atoms with Crippen LogP contribution in [-0.2, 0) is 22.4 Å². The van der Waals surface area contributed by atoms with Gasteiger partial charge in [-0.05, 0) is 54.7 Å². The lowest BCUT2D eigenvalue weighted by Crippen LogP contribution is -2.48. The van der Waals surface area contributed by atoms with Crippen LogP contribution in [0.1, 0.15) is 34.3 Å². The van der Waals surface area contributed by atoms with Crippen molar-refractivity contribution in [1.82, 2.24) is 14.8 Å². The van der Waals surface area contributed by atoms with Gasteiger partial charge in [-0.1, -0.05) is 36.4 Å². The van der Waals surface area contributed by atoms with Gasteiger partial charge in [0.15, 0.2) is 0 Å². The number of likely N-dealkylation sites (N-methyl/N-ethyl adjacent to an activating group) is 1. The number of methoxy groups -OCH3 is 1. The predicted molar refractivity (Wildman–Crippen MR) is 160 cm³/mol. The largest absolute Gasteiger partial charge is 0.496 e. The van der Waals surface area contributed by atoms with Crippen molar-refractivity contribution >= 4 is 11.7 Å². The zero-order chi connectivity index (χ0) is 28.2. The molecule has 0 N–H and O–H groups in total. The standard InChI is InChI=1S/C33H40N4O4/c1-35(22-27-23-40-19-20-41-27)32-29(11-12-30(34-32)28-9-5-6-10-31(28)39-2)33(38)36-17-14-26(15-18-36)37-16-13-24-7-3-4-8-25(24)21-37/h3-12,26-27H,13-23H2,1-2H3. The topological polar surface area (TPSA) is 67.4 Å². The minimum atomic E-state index is -0.0705. The zero-order valence-corrected chi connectivity index (χ0v) is 24.1. The normalized spacial score (nSPS) is 20.0. The number of piperidine rings is 1. The molecule has 3 aliphatic heterocycles. The van der Waals surface area contributed by atoms with Gasteiger partial charge in [-0.2, -0.15) is 0 Å². The third-order valence-electron chi connectivity index (χ3n) is 8.64. The van der Waals surface area contributed by atoms with E-state index in [9.17, 15) is 4.79 Å². The van der Waals surface area contributed by atoms with Gasteiger partial charge in [-0.25, -0.2) is 4.98 Å². The molecule has 4 heterocycles. The molecule has 0 aliphatic carbocycles. The number of para-hydroxylation sites is 1. The van der Waals surface area contributed by atoms with Crippen molar-refractivity contribution in [3.05, 3.63) is 77.4 Å². The molecule has 0 bridgehead atoms. The number of ether oxygens (including phenoxy) is 3. The van der Waals surface area contributed by atoms with Gasteiger partial charge in [-0.15, -0.1) is 0 Å². The molecule has 1 atom stereocenters. The fourth-order valence-electron chi connectivity index (χ4n) is 6.38. The number of nitrogens with zero attached hydrogens (tertiary/aromatic N) is 4. The SMILES string of the molecule is COc1ccccc1-c1ccc(C(=O)N2CCC(N3CCc4ccccc4C3)CC2)c(N(C)CC2COCCO2)n1. The van der Waals surface area contributed by atoms with E-state index >= 15 is 0 Å². The summed E-state index contributed by atoms with van der Waals surface area (Å²) >= 11 is 0. The van der Waals surface area contributed by atoms with E-state index in [1.165, 1.54) is 11.1 Å². The Balaban J connectivity index is 1.20. The highest BCUT2D eigenvalue weighted by Crippen LogP contribution is 2.32. The number of fused-ring (bicyclic) bond motifs is 1. The van der Waals surface area contributed by atoms with Gasteiger partial charge in [-0.3, -0.25) is 9.69 Å². The number of pyridine rings is 1. The number of carbonyl (C=O) groups is 1. The van der Waals surface area contributed by atoms with Crippen LogP contribution in [0, 0.1) is 0 Å². The molecule has 0 saturated carbocycles. The summed E-state index contributed by atoms with van der Waals surface area (Å²) in [5.74, 6) is 1.44. The van der Waals surface area contributed by atoms with Crippen LogP contribution < -0.4 is 9.64 Å². The van der Waals surface area contributed by atoms with Crippen LogP contribution in [0.3, 0.4) is 0 Å². The van der Waals surface area contributed by atoms with Gasteiger partial charge in [0.25, 0.3) is 5.91 Å². The summed E-state index contributed by atoms with van der Waals surface area (Å²) in [5.41, 5.74) is 5.20. The first kappa shape index (κ1) is 27.7. The quantitative estimate of drug-likeness (QED) is 0.431. The number of likely N-dealkylation sites (tertiary alicyclic amines) is 1. The zero-order valence-electron chi connectivity index (χ0n) is 24.1. The van der Waals surface area contributed by atoms with Crippen molar-refractivity contribution in [2.24, 2.45) is 0 Å². The molecule has 3 aliphatic rings. The molecular formula is C33H40N4O4. The Morgan fingerprint density at radius 2 is 1.78 bits per heavy atom. The molecule has 1 unspecified atom stereocenters. The minimum Gasteiger partial charge on any atom is -0.496 e. The maximum atomic E-state index is 14.0. The van der Waals surface area contributed by atoms with E-state index < -0.39 is 0 Å². The Kier molecular flexibility index (Phi) is 8.51. The lowest BCUT2D eigenvalue weighted by molar-refractivity contribution is -0.0837. The Bertz CT molecular complexity index is 1350. The first-order valence-corrected chi connectivity index (χ1v) is 14.8. The molecule has 216 valence electrons. The average Bonchev–Trinajstić information content (AvgIpc) is 3.04. The number of carbonyl (C=O) groups excluding carboxylic acids is 1. The average molecular weight is 557 g/mol. The van der Waals surface area contributed by atoms with E-state index in [2.05, 4.69) is 29.2 Å². The number of hydrogen-bond donors (Lipinski definition) is 0. The number of hydrogen-bond acceptors (Lipinski definition) is 7. The maximum absolute atomic E-state index is 14.0. The van der Waals surface area contributed by atoms with Crippen LogP contribution in [-0.4, -0.2) is 93.0 Å². The molecule has 1 amide bonds. The van der Waals surface area contributed by atoms with Gasteiger partial charge in [0.1, 0.15) is 11.6 Å². The van der Waals surface area contributed by atoms with E-state index in [0.717, 1.165) is 62.4 Å². The molecular weight excluding hydrogens is 516 g/mol. The van der Waals surface area contributed by atoms with E-state index in [-0.39, 0.29) is 12.0 Å². The molecule has 1 aromatic heterocycles. The predicted octanol–water partition coefficient (Wildman–Crippen LogP) is 4.27. The van der Waals surface area contributed by atoms with E-state index in [4.69, 9.17) is 19.2 Å². The van der Waals surface area contributed by atoms with Gasteiger partial charge < -0.3 is 24.0 Å². The Morgan fingerprint density at radius 1 is 1.00 bits per heavy atom. The molecule has 2 saturated heterocycles. The first-order chi connectivity index (χ1) is 20.1. The Morgan fingerprint density at radius 3 is 2.56 bits per heavy atom. The van der Waals surface area contributed by atoms with Gasteiger partial charge in [0.05, 0.1) is 44.3 Å². The van der Waals surface area contributed by atoms with Crippen LogP contribution in [0.25, 0.3) is 11.3 Å². The monoisotopic (exact) mass is 556 g/mol. The van der Waals surface area contributed by atoms with Crippen molar-refractivity contribution in [2.45, 2.75) is 38.0 Å². The van der Waals surface area contributed by atoms with E-state index in [1.54, 1.807) is 7.11 Å². The first-order valence-electron chi connectivity index (χ1n) is 14.8. The summed E-state index contributed by atoms with van der Waals surface area (Å²) in [7, 11) is 3.64. The smallest absolute Gasteiger partial charge is 0.257 e. The van der Waals surface area contributed by atoms with Gasteiger partial charge in [0, 0.05) is 51.4 Å². The number of amides is 1. The van der Waals surface area contributed by atoms with Crippen LogP contribution in [0.15, 0.2) is 60.7 Å². The molecule has 0 radical (unpaired) electrons. The highest BCUT2D eigenvalue weighted by molar-refractivity contribution is 5.99. The molecule has 6 rings (SSSR count). The third-order valence-corrected chi connectivity index (χ3v) is 8.64. The lowest BCUT2D eigenvalue weighted by atomic mass is 9.95. The highest BCUT2D eigenvalue weighted by Gasteiger charge is 2.31. The van der Waals surface area contributed by atoms with Crippen LogP contribution in [0.4, 0.5) is 5.82 Å². The molecule has 3 aromatic rings. The second-order valence-corrected chi connectivity index (χ2v) is 11.2. The summed E-state index contributed by atoms with van der Waals surface area (Å²) in [6.07, 6.45) is 3.00. The fraction of sp³-hybridized carbons (Fsp3) is 0.455. The summed E-state index contributed by atoms with van der Waals surface area (Å²) in [6, 6.07) is 21.0. The van der Waals surface area contributed by atoms with E-state index in [1.807, 2.05) is 53.2 Å². The van der Waals surface area contributed by atoms with Gasteiger partial charge in [0.2, 0.25) is 0 Å². The number of benzene rings is 2. The second-order valence-electron chi connectivity index (χ2n) is 11.2. The summed E-state index contributed by atoms with van der Waals surface area (Å²) in [4.78, 5) is 25.7. The van der Waals surface area contributed by atoms with Crippen molar-refractivity contribution in [3.8, 4) is 17.0 Å². The van der Waals surface area contributed by atoms with Crippen molar-refractivity contribution in [3.63, 3.8) is 0 Å². The second kappa shape index (κ2) is 12.6. The molecule has 8 heteroatoms. The summed E-state index contributed by atoms with van der Waals surface area (Å²) < 4.78 is 17.1. The molecule has 2 aromatic carbocycles. The van der Waals surface area contributed by atoms with Crippen LogP contribution in [0.2, 0.25) is 0 Å². The minimum absolute atomic E-state index is 0.0363. The molecule has 41 heavy (non-hydrogen) atoms. The fourth-order valence-corrected chi connectivity index (χ4v) is 6.38. The molecule has 8 nitrogen and oxygen atoms in total. The van der Waals surface area contributed by atoms with E-state index in [0.29, 0.717) is 43.8 Å². The maximum Gasteiger partial charge on any atom is 0.257 e. The molecule has 0 spiro atoms.